The molecule has 0 saturated heterocycles. The predicted octanol–water partition coefficient (Wildman–Crippen LogP) is 3.23. The fourth-order valence-electron chi connectivity index (χ4n) is 2.11. The standard InChI is InChI=1S/C19H20N2O3/c1-2-13-24-17-10-6-3-7-14(17)11-12-18(22)21-16-9-5-4-8-15(16)19(20)23/h3-12H,2,13H2,1H3,(H2,20,23)(H,21,22). The Hall–Kier alpha value is -3.08. The van der Waals surface area contributed by atoms with Crippen molar-refractivity contribution in [1.82, 2.24) is 0 Å². The molecule has 0 unspecified atom stereocenters. The first-order valence-corrected chi connectivity index (χ1v) is 7.71. The number of hydrogen-bond acceptors (Lipinski definition) is 3. The van der Waals surface area contributed by atoms with Crippen molar-refractivity contribution < 1.29 is 14.3 Å². The second-order valence-electron chi connectivity index (χ2n) is 5.12. The molecule has 0 saturated carbocycles. The molecule has 0 fully saturated rings. The van der Waals surface area contributed by atoms with Crippen molar-refractivity contribution in [3.05, 3.63) is 65.7 Å². The largest absolute Gasteiger partial charge is 0.493 e. The van der Waals surface area contributed by atoms with E-state index >= 15 is 0 Å². The minimum absolute atomic E-state index is 0.269. The third kappa shape index (κ3) is 4.71. The fraction of sp³-hybridized carbons (Fsp3) is 0.158. The molecule has 0 aromatic heterocycles. The van der Waals surface area contributed by atoms with Gasteiger partial charge >= 0.3 is 0 Å². The third-order valence-electron chi connectivity index (χ3n) is 3.25. The van der Waals surface area contributed by atoms with Gasteiger partial charge in [-0.05, 0) is 30.7 Å². The number of nitrogens with one attached hydrogen (secondary N) is 1. The van der Waals surface area contributed by atoms with E-state index in [1.54, 1.807) is 30.3 Å². The van der Waals surface area contributed by atoms with E-state index in [0.29, 0.717) is 12.3 Å². The summed E-state index contributed by atoms with van der Waals surface area (Å²) in [5.74, 6) is -0.219. The summed E-state index contributed by atoms with van der Waals surface area (Å²) in [5.41, 5.74) is 6.76. The summed E-state index contributed by atoms with van der Waals surface area (Å²) in [5, 5.41) is 2.66. The lowest BCUT2D eigenvalue weighted by atomic mass is 10.1. The average molecular weight is 324 g/mol. The highest BCUT2D eigenvalue weighted by Gasteiger charge is 2.08. The van der Waals surface area contributed by atoms with Crippen LogP contribution in [0.5, 0.6) is 5.75 Å². The van der Waals surface area contributed by atoms with E-state index in [4.69, 9.17) is 10.5 Å². The Kier molecular flexibility index (Phi) is 6.14. The number of hydrogen-bond donors (Lipinski definition) is 2. The van der Waals surface area contributed by atoms with E-state index in [-0.39, 0.29) is 11.5 Å². The van der Waals surface area contributed by atoms with E-state index in [9.17, 15) is 9.59 Å². The van der Waals surface area contributed by atoms with Crippen molar-refractivity contribution in [3.8, 4) is 5.75 Å². The molecule has 0 atom stereocenters. The monoisotopic (exact) mass is 324 g/mol. The van der Waals surface area contributed by atoms with Gasteiger partial charge in [-0.15, -0.1) is 0 Å². The highest BCUT2D eigenvalue weighted by molar-refractivity contribution is 6.07. The molecule has 5 heteroatoms. The second kappa shape index (κ2) is 8.53. The maximum atomic E-state index is 12.1. The number of amides is 2. The lowest BCUT2D eigenvalue weighted by molar-refractivity contribution is -0.111. The molecule has 2 rings (SSSR count). The molecule has 3 N–H and O–H groups in total. The SMILES string of the molecule is CCCOc1ccccc1C=CC(=O)Nc1ccccc1C(N)=O. The minimum atomic E-state index is -0.590. The Labute approximate surface area is 141 Å². The van der Waals surface area contributed by atoms with Gasteiger partial charge in [0.1, 0.15) is 5.75 Å². The van der Waals surface area contributed by atoms with Crippen molar-refractivity contribution in [1.29, 1.82) is 0 Å². The van der Waals surface area contributed by atoms with E-state index < -0.39 is 5.91 Å². The second-order valence-corrected chi connectivity index (χ2v) is 5.12. The molecule has 2 aromatic carbocycles. The van der Waals surface area contributed by atoms with Crippen LogP contribution in [0.15, 0.2) is 54.6 Å². The van der Waals surface area contributed by atoms with Crippen LogP contribution in [0.1, 0.15) is 29.3 Å². The highest BCUT2D eigenvalue weighted by atomic mass is 16.5. The van der Waals surface area contributed by atoms with Crippen molar-refractivity contribution in [2.75, 3.05) is 11.9 Å². The summed E-state index contributed by atoms with van der Waals surface area (Å²) in [7, 11) is 0. The number of primary amides is 1. The van der Waals surface area contributed by atoms with Gasteiger partial charge in [0.25, 0.3) is 5.91 Å². The quantitative estimate of drug-likeness (QED) is 0.767. The molecule has 5 nitrogen and oxygen atoms in total. The Morgan fingerprint density at radius 3 is 2.58 bits per heavy atom. The lowest BCUT2D eigenvalue weighted by Crippen LogP contribution is -2.16. The van der Waals surface area contributed by atoms with Crippen LogP contribution in [-0.4, -0.2) is 18.4 Å². The zero-order chi connectivity index (χ0) is 17.4. The van der Waals surface area contributed by atoms with E-state index in [1.165, 1.54) is 6.08 Å². The predicted molar refractivity (Wildman–Crippen MR) is 94.9 cm³/mol. The Bertz CT molecular complexity index is 754. The molecular weight excluding hydrogens is 304 g/mol. The van der Waals surface area contributed by atoms with Gasteiger partial charge in [0, 0.05) is 11.6 Å². The lowest BCUT2D eigenvalue weighted by Gasteiger charge is -2.08. The van der Waals surface area contributed by atoms with Crippen molar-refractivity contribution in [3.63, 3.8) is 0 Å². The van der Waals surface area contributed by atoms with Gasteiger partial charge in [-0.25, -0.2) is 0 Å². The number of rotatable bonds is 7. The Balaban J connectivity index is 2.10. The topological polar surface area (TPSA) is 81.4 Å². The maximum Gasteiger partial charge on any atom is 0.250 e. The third-order valence-corrected chi connectivity index (χ3v) is 3.25. The molecule has 0 radical (unpaired) electrons. The van der Waals surface area contributed by atoms with Crippen LogP contribution in [-0.2, 0) is 4.79 Å². The molecule has 2 amide bonds. The van der Waals surface area contributed by atoms with Gasteiger partial charge in [-0.3, -0.25) is 9.59 Å². The van der Waals surface area contributed by atoms with Crippen LogP contribution in [0.25, 0.3) is 6.08 Å². The number of carbonyl (C=O) groups excluding carboxylic acids is 2. The first-order valence-electron chi connectivity index (χ1n) is 7.71. The van der Waals surface area contributed by atoms with Gasteiger partial charge in [0.2, 0.25) is 5.91 Å². The van der Waals surface area contributed by atoms with Gasteiger partial charge in [-0.1, -0.05) is 37.3 Å². The summed E-state index contributed by atoms with van der Waals surface area (Å²) < 4.78 is 5.64. The van der Waals surface area contributed by atoms with E-state index in [2.05, 4.69) is 5.32 Å². The molecular formula is C19H20N2O3. The van der Waals surface area contributed by atoms with Gasteiger partial charge in [-0.2, -0.15) is 0 Å². The number of para-hydroxylation sites is 2. The van der Waals surface area contributed by atoms with Crippen LogP contribution >= 0.6 is 0 Å². The molecule has 0 aliphatic carbocycles. The molecule has 2 aromatic rings. The van der Waals surface area contributed by atoms with Crippen LogP contribution in [0.3, 0.4) is 0 Å². The highest BCUT2D eigenvalue weighted by Crippen LogP contribution is 2.20. The van der Waals surface area contributed by atoms with Crippen LogP contribution in [0.4, 0.5) is 5.69 Å². The number of ether oxygens (including phenoxy) is 1. The summed E-state index contributed by atoms with van der Waals surface area (Å²) in [6, 6.07) is 14.1. The van der Waals surface area contributed by atoms with Crippen molar-refractivity contribution >= 4 is 23.6 Å². The van der Waals surface area contributed by atoms with Gasteiger partial charge in [0.15, 0.2) is 0 Å². The zero-order valence-electron chi connectivity index (χ0n) is 13.5. The van der Waals surface area contributed by atoms with Crippen LogP contribution in [0, 0.1) is 0 Å². The fourth-order valence-corrected chi connectivity index (χ4v) is 2.11. The van der Waals surface area contributed by atoms with E-state index in [1.807, 2.05) is 31.2 Å². The summed E-state index contributed by atoms with van der Waals surface area (Å²) in [6.07, 6.45) is 3.97. The van der Waals surface area contributed by atoms with E-state index in [0.717, 1.165) is 17.7 Å². The maximum absolute atomic E-state index is 12.1. The molecule has 124 valence electrons. The van der Waals surface area contributed by atoms with Gasteiger partial charge in [0.05, 0.1) is 17.9 Å². The average Bonchev–Trinajstić information content (AvgIpc) is 2.59. The molecule has 0 aliphatic rings. The molecule has 24 heavy (non-hydrogen) atoms. The van der Waals surface area contributed by atoms with Crippen LogP contribution < -0.4 is 15.8 Å². The first-order chi connectivity index (χ1) is 11.6. The smallest absolute Gasteiger partial charge is 0.250 e. The van der Waals surface area contributed by atoms with Crippen molar-refractivity contribution in [2.45, 2.75) is 13.3 Å². The van der Waals surface area contributed by atoms with Crippen molar-refractivity contribution in [2.24, 2.45) is 5.73 Å². The summed E-state index contributed by atoms with van der Waals surface area (Å²) >= 11 is 0. The number of carbonyl (C=O) groups is 2. The molecule has 0 bridgehead atoms. The van der Waals surface area contributed by atoms with Crippen LogP contribution in [0.2, 0.25) is 0 Å². The minimum Gasteiger partial charge on any atom is -0.493 e. The molecule has 0 spiro atoms. The summed E-state index contributed by atoms with van der Waals surface area (Å²) in [4.78, 5) is 23.5. The zero-order valence-corrected chi connectivity index (χ0v) is 13.5. The Morgan fingerprint density at radius 2 is 1.83 bits per heavy atom. The molecule has 0 heterocycles. The number of anilines is 1. The van der Waals surface area contributed by atoms with Gasteiger partial charge < -0.3 is 15.8 Å². The summed E-state index contributed by atoms with van der Waals surface area (Å²) in [6.45, 7) is 2.64. The Morgan fingerprint density at radius 1 is 1.12 bits per heavy atom. The normalized spacial score (nSPS) is 10.5. The number of benzene rings is 2. The number of nitrogens with two attached hydrogens (primary N) is 1. The first kappa shape index (κ1) is 17.3. The molecule has 0 aliphatic heterocycles.